The number of hydrogen-bond acceptors (Lipinski definition) is 4. The van der Waals surface area contributed by atoms with Gasteiger partial charge in [-0.1, -0.05) is 13.8 Å². The standard InChI is InChI=1S/C12H21N5O3/c1-4-17-7-14-16-10(17)6-13-12(20)15-9(8(2)3)5-11(18)19/h7-9H,4-6H2,1-3H3,(H,18,19)(H2,13,15,20). The van der Waals surface area contributed by atoms with E-state index in [1.807, 2.05) is 25.3 Å². The minimum absolute atomic E-state index is 0.0381. The third-order valence-electron chi connectivity index (χ3n) is 2.96. The number of nitrogens with one attached hydrogen (secondary N) is 2. The summed E-state index contributed by atoms with van der Waals surface area (Å²) in [5.41, 5.74) is 0. The molecule has 0 aliphatic heterocycles. The second-order valence-electron chi connectivity index (χ2n) is 4.81. The van der Waals surface area contributed by atoms with Crippen LogP contribution in [-0.4, -0.2) is 37.9 Å². The van der Waals surface area contributed by atoms with E-state index in [-0.39, 0.29) is 18.9 Å². The molecule has 1 aromatic heterocycles. The van der Waals surface area contributed by atoms with Crippen LogP contribution in [0.2, 0.25) is 0 Å². The number of aromatic nitrogens is 3. The molecule has 0 spiro atoms. The van der Waals surface area contributed by atoms with E-state index in [9.17, 15) is 9.59 Å². The molecule has 1 rings (SSSR count). The SMILES string of the molecule is CCn1cnnc1CNC(=O)NC(CC(=O)O)C(C)C. The fourth-order valence-electron chi connectivity index (χ4n) is 1.70. The summed E-state index contributed by atoms with van der Waals surface area (Å²) in [5.74, 6) is -0.243. The number of carboxylic acids is 1. The summed E-state index contributed by atoms with van der Waals surface area (Å²) in [6.07, 6.45) is 1.49. The molecule has 0 saturated heterocycles. The number of rotatable bonds is 7. The molecule has 0 aliphatic carbocycles. The lowest BCUT2D eigenvalue weighted by atomic mass is 10.0. The molecule has 0 aromatic carbocycles. The van der Waals surface area contributed by atoms with Gasteiger partial charge in [0, 0.05) is 12.6 Å². The Bertz CT molecular complexity index is 458. The highest BCUT2D eigenvalue weighted by atomic mass is 16.4. The zero-order valence-corrected chi connectivity index (χ0v) is 12.0. The fraction of sp³-hybridized carbons (Fsp3) is 0.667. The van der Waals surface area contributed by atoms with Crippen LogP contribution in [0, 0.1) is 5.92 Å². The quantitative estimate of drug-likeness (QED) is 0.678. The second-order valence-corrected chi connectivity index (χ2v) is 4.81. The number of urea groups is 1. The van der Waals surface area contributed by atoms with Crippen molar-refractivity contribution < 1.29 is 14.7 Å². The van der Waals surface area contributed by atoms with Crippen LogP contribution in [0.4, 0.5) is 4.79 Å². The number of carbonyl (C=O) groups is 2. The van der Waals surface area contributed by atoms with Crippen LogP contribution in [-0.2, 0) is 17.9 Å². The average molecular weight is 283 g/mol. The Morgan fingerprint density at radius 1 is 1.45 bits per heavy atom. The predicted molar refractivity (Wildman–Crippen MR) is 71.9 cm³/mol. The molecule has 1 unspecified atom stereocenters. The lowest BCUT2D eigenvalue weighted by molar-refractivity contribution is -0.137. The topological polar surface area (TPSA) is 109 Å². The molecule has 0 saturated carbocycles. The van der Waals surface area contributed by atoms with Crippen molar-refractivity contribution in [1.82, 2.24) is 25.4 Å². The summed E-state index contributed by atoms with van der Waals surface area (Å²) in [6.45, 7) is 6.65. The van der Waals surface area contributed by atoms with Crippen molar-refractivity contribution in [2.45, 2.75) is 46.3 Å². The van der Waals surface area contributed by atoms with Gasteiger partial charge in [-0.25, -0.2) is 4.79 Å². The van der Waals surface area contributed by atoms with Crippen LogP contribution in [0.15, 0.2) is 6.33 Å². The fourth-order valence-corrected chi connectivity index (χ4v) is 1.70. The zero-order chi connectivity index (χ0) is 15.1. The molecule has 8 heteroatoms. The van der Waals surface area contributed by atoms with Crippen molar-refractivity contribution in [3.05, 3.63) is 12.2 Å². The van der Waals surface area contributed by atoms with Crippen LogP contribution in [0.1, 0.15) is 33.0 Å². The second kappa shape index (κ2) is 7.46. The molecule has 1 heterocycles. The minimum Gasteiger partial charge on any atom is -0.481 e. The van der Waals surface area contributed by atoms with Gasteiger partial charge in [-0.2, -0.15) is 0 Å². The molecule has 3 N–H and O–H groups in total. The van der Waals surface area contributed by atoms with Gasteiger partial charge >= 0.3 is 12.0 Å². The number of hydrogen-bond donors (Lipinski definition) is 3. The number of carbonyl (C=O) groups excluding carboxylic acids is 1. The van der Waals surface area contributed by atoms with Gasteiger partial charge in [-0.3, -0.25) is 4.79 Å². The van der Waals surface area contributed by atoms with Crippen LogP contribution < -0.4 is 10.6 Å². The first-order valence-electron chi connectivity index (χ1n) is 6.56. The highest BCUT2D eigenvalue weighted by Gasteiger charge is 2.19. The highest BCUT2D eigenvalue weighted by Crippen LogP contribution is 2.06. The van der Waals surface area contributed by atoms with E-state index >= 15 is 0 Å². The Morgan fingerprint density at radius 3 is 2.70 bits per heavy atom. The van der Waals surface area contributed by atoms with Gasteiger partial charge in [0.05, 0.1) is 13.0 Å². The average Bonchev–Trinajstić information content (AvgIpc) is 2.82. The molecule has 0 aliphatic rings. The van der Waals surface area contributed by atoms with Crippen LogP contribution >= 0.6 is 0 Å². The molecule has 0 fully saturated rings. The Kier molecular flexibility index (Phi) is 5.95. The van der Waals surface area contributed by atoms with Crippen LogP contribution in [0.3, 0.4) is 0 Å². The summed E-state index contributed by atoms with van der Waals surface area (Å²) in [4.78, 5) is 22.5. The first-order chi connectivity index (χ1) is 9.43. The first kappa shape index (κ1) is 15.9. The minimum atomic E-state index is -0.935. The summed E-state index contributed by atoms with van der Waals surface area (Å²) in [7, 11) is 0. The molecule has 1 atom stereocenters. The van der Waals surface area contributed by atoms with E-state index < -0.39 is 18.0 Å². The van der Waals surface area contributed by atoms with E-state index in [1.54, 1.807) is 6.33 Å². The number of carboxylic acid groups (broad SMARTS) is 1. The van der Waals surface area contributed by atoms with Gasteiger partial charge in [-0.05, 0) is 12.8 Å². The predicted octanol–water partition coefficient (Wildman–Crippen LogP) is 0.596. The van der Waals surface area contributed by atoms with Crippen molar-refractivity contribution in [1.29, 1.82) is 0 Å². The maximum atomic E-state index is 11.8. The monoisotopic (exact) mass is 283 g/mol. The summed E-state index contributed by atoms with van der Waals surface area (Å²) >= 11 is 0. The number of aliphatic carboxylic acids is 1. The van der Waals surface area contributed by atoms with Crippen LogP contribution in [0.5, 0.6) is 0 Å². The number of aryl methyl sites for hydroxylation is 1. The van der Waals surface area contributed by atoms with E-state index in [4.69, 9.17) is 5.11 Å². The van der Waals surface area contributed by atoms with Crippen molar-refractivity contribution >= 4 is 12.0 Å². The van der Waals surface area contributed by atoms with Crippen molar-refractivity contribution in [3.8, 4) is 0 Å². The number of amides is 2. The van der Waals surface area contributed by atoms with Gasteiger partial charge in [0.2, 0.25) is 0 Å². The Balaban J connectivity index is 2.48. The van der Waals surface area contributed by atoms with Gasteiger partial charge in [-0.15, -0.1) is 10.2 Å². The molecular formula is C12H21N5O3. The van der Waals surface area contributed by atoms with Gasteiger partial charge in [0.1, 0.15) is 6.33 Å². The summed E-state index contributed by atoms with van der Waals surface area (Å²) in [6, 6.07) is -0.813. The highest BCUT2D eigenvalue weighted by molar-refractivity contribution is 5.75. The van der Waals surface area contributed by atoms with Gasteiger partial charge in [0.25, 0.3) is 0 Å². The van der Waals surface area contributed by atoms with E-state index in [2.05, 4.69) is 20.8 Å². The van der Waals surface area contributed by atoms with Gasteiger partial charge < -0.3 is 20.3 Å². The molecule has 1 aromatic rings. The molecule has 20 heavy (non-hydrogen) atoms. The normalized spacial score (nSPS) is 12.2. The largest absolute Gasteiger partial charge is 0.481 e. The maximum Gasteiger partial charge on any atom is 0.315 e. The molecule has 0 bridgehead atoms. The van der Waals surface area contributed by atoms with Crippen LogP contribution in [0.25, 0.3) is 0 Å². The van der Waals surface area contributed by atoms with E-state index in [0.717, 1.165) is 6.54 Å². The van der Waals surface area contributed by atoms with Crippen molar-refractivity contribution in [3.63, 3.8) is 0 Å². The molecular weight excluding hydrogens is 262 g/mol. The van der Waals surface area contributed by atoms with E-state index in [0.29, 0.717) is 5.82 Å². The summed E-state index contributed by atoms with van der Waals surface area (Å²) < 4.78 is 1.82. The lowest BCUT2D eigenvalue weighted by Gasteiger charge is -2.20. The van der Waals surface area contributed by atoms with Crippen molar-refractivity contribution in [2.75, 3.05) is 0 Å². The summed E-state index contributed by atoms with van der Waals surface area (Å²) in [5, 5.41) is 21.8. The Morgan fingerprint density at radius 2 is 2.15 bits per heavy atom. The zero-order valence-electron chi connectivity index (χ0n) is 12.0. The third-order valence-corrected chi connectivity index (χ3v) is 2.96. The lowest BCUT2D eigenvalue weighted by Crippen LogP contribution is -2.45. The Hall–Kier alpha value is -2.12. The molecule has 8 nitrogen and oxygen atoms in total. The molecule has 112 valence electrons. The number of nitrogens with zero attached hydrogens (tertiary/aromatic N) is 3. The smallest absolute Gasteiger partial charge is 0.315 e. The molecule has 2 amide bonds. The van der Waals surface area contributed by atoms with Crippen molar-refractivity contribution in [2.24, 2.45) is 5.92 Å². The Labute approximate surface area is 117 Å². The van der Waals surface area contributed by atoms with Gasteiger partial charge in [0.15, 0.2) is 5.82 Å². The first-order valence-corrected chi connectivity index (χ1v) is 6.56. The van der Waals surface area contributed by atoms with E-state index in [1.165, 1.54) is 0 Å². The third kappa shape index (κ3) is 4.87. The maximum absolute atomic E-state index is 11.8. The molecule has 0 radical (unpaired) electrons.